The molecule has 0 fully saturated rings. The number of benzodiazepines with no additional fused rings is 1. The molecule has 0 bridgehead atoms. The third kappa shape index (κ3) is 4.91. The molecule has 30 heavy (non-hydrogen) atoms. The van der Waals surface area contributed by atoms with Crippen LogP contribution in [0.5, 0.6) is 0 Å². The van der Waals surface area contributed by atoms with Gasteiger partial charge in [-0.15, -0.1) is 0 Å². The molecule has 156 valence electrons. The number of rotatable bonds is 7. The highest BCUT2D eigenvalue weighted by molar-refractivity contribution is 6.19. The third-order valence-electron chi connectivity index (χ3n) is 4.39. The molecule has 0 aromatic heterocycles. The molecular formula is C22H23N3O5. The first kappa shape index (κ1) is 21.2. The van der Waals surface area contributed by atoms with Gasteiger partial charge in [0.15, 0.2) is 5.76 Å². The van der Waals surface area contributed by atoms with Crippen LogP contribution in [-0.4, -0.2) is 53.2 Å². The molecule has 8 nitrogen and oxygen atoms in total. The topological polar surface area (TPSA) is 120 Å². The van der Waals surface area contributed by atoms with E-state index in [-0.39, 0.29) is 12.4 Å². The SMILES string of the molecule is C/C=C(\OCC(O)CO)C(=O)NC1N=C(c2ccccc2)c2ccccc2NC1=O. The van der Waals surface area contributed by atoms with Gasteiger partial charge in [0.05, 0.1) is 18.0 Å². The molecule has 3 rings (SSSR count). The van der Waals surface area contributed by atoms with Gasteiger partial charge in [0.1, 0.15) is 12.7 Å². The van der Waals surface area contributed by atoms with E-state index in [1.165, 1.54) is 6.08 Å². The van der Waals surface area contributed by atoms with E-state index in [0.29, 0.717) is 11.4 Å². The number of ether oxygens (including phenoxy) is 1. The van der Waals surface area contributed by atoms with Gasteiger partial charge in [0.25, 0.3) is 11.8 Å². The van der Waals surface area contributed by atoms with Crippen molar-refractivity contribution in [1.29, 1.82) is 0 Å². The van der Waals surface area contributed by atoms with E-state index in [1.54, 1.807) is 19.1 Å². The Balaban J connectivity index is 1.89. The number of hydrogen-bond donors (Lipinski definition) is 4. The number of carbonyl (C=O) groups is 2. The second-order valence-electron chi connectivity index (χ2n) is 6.55. The van der Waals surface area contributed by atoms with E-state index in [0.717, 1.165) is 11.1 Å². The Hall–Kier alpha value is -3.49. The van der Waals surface area contributed by atoms with Gasteiger partial charge in [-0.3, -0.25) is 9.59 Å². The van der Waals surface area contributed by atoms with Crippen LogP contribution in [0.1, 0.15) is 18.1 Å². The summed E-state index contributed by atoms with van der Waals surface area (Å²) >= 11 is 0. The Morgan fingerprint density at radius 2 is 1.93 bits per heavy atom. The van der Waals surface area contributed by atoms with Crippen LogP contribution in [0.15, 0.2) is 71.4 Å². The molecule has 2 aromatic rings. The highest BCUT2D eigenvalue weighted by atomic mass is 16.5. The summed E-state index contributed by atoms with van der Waals surface area (Å²) < 4.78 is 5.25. The zero-order valence-electron chi connectivity index (χ0n) is 16.4. The number of hydrogen-bond acceptors (Lipinski definition) is 6. The number of para-hydroxylation sites is 1. The Morgan fingerprint density at radius 1 is 1.23 bits per heavy atom. The molecule has 2 atom stereocenters. The van der Waals surface area contributed by atoms with E-state index >= 15 is 0 Å². The number of anilines is 1. The second kappa shape index (κ2) is 9.82. The fourth-order valence-electron chi connectivity index (χ4n) is 2.89. The molecule has 2 unspecified atom stereocenters. The van der Waals surface area contributed by atoms with Crippen LogP contribution in [0.4, 0.5) is 5.69 Å². The lowest BCUT2D eigenvalue weighted by atomic mass is 10.0. The number of aliphatic hydroxyl groups excluding tert-OH is 2. The summed E-state index contributed by atoms with van der Waals surface area (Å²) in [6.07, 6.45) is -0.905. The van der Waals surface area contributed by atoms with Gasteiger partial charge in [0, 0.05) is 11.1 Å². The number of aliphatic hydroxyl groups is 2. The van der Waals surface area contributed by atoms with Gasteiger partial charge in [-0.25, -0.2) is 4.99 Å². The molecule has 8 heteroatoms. The zero-order valence-corrected chi connectivity index (χ0v) is 16.4. The lowest BCUT2D eigenvalue weighted by Crippen LogP contribution is -2.43. The smallest absolute Gasteiger partial charge is 0.288 e. The molecule has 2 amide bonds. The Kier molecular flexibility index (Phi) is 6.95. The minimum atomic E-state index is -1.19. The monoisotopic (exact) mass is 409 g/mol. The van der Waals surface area contributed by atoms with Crippen molar-refractivity contribution in [2.75, 3.05) is 18.5 Å². The highest BCUT2D eigenvalue weighted by Crippen LogP contribution is 2.23. The van der Waals surface area contributed by atoms with Gasteiger partial charge < -0.3 is 25.6 Å². The van der Waals surface area contributed by atoms with Crippen molar-refractivity contribution in [3.63, 3.8) is 0 Å². The number of allylic oxidation sites excluding steroid dienone is 1. The summed E-state index contributed by atoms with van der Waals surface area (Å²) in [5, 5.41) is 23.7. The third-order valence-corrected chi connectivity index (χ3v) is 4.39. The number of nitrogens with zero attached hydrogens (tertiary/aromatic N) is 1. The van der Waals surface area contributed by atoms with Crippen molar-refractivity contribution >= 4 is 23.2 Å². The van der Waals surface area contributed by atoms with Crippen molar-refractivity contribution in [3.05, 3.63) is 77.6 Å². The summed E-state index contributed by atoms with van der Waals surface area (Å²) in [4.78, 5) is 29.9. The number of aliphatic imine (C=N–C) groups is 1. The molecule has 1 aliphatic rings. The number of nitrogens with one attached hydrogen (secondary N) is 2. The zero-order chi connectivity index (χ0) is 21.5. The molecule has 2 aromatic carbocycles. The van der Waals surface area contributed by atoms with Crippen LogP contribution < -0.4 is 10.6 Å². The second-order valence-corrected chi connectivity index (χ2v) is 6.55. The van der Waals surface area contributed by atoms with Crippen molar-refractivity contribution < 1.29 is 24.5 Å². The van der Waals surface area contributed by atoms with Crippen molar-refractivity contribution in [3.8, 4) is 0 Å². The van der Waals surface area contributed by atoms with Crippen molar-refractivity contribution in [2.24, 2.45) is 4.99 Å². The van der Waals surface area contributed by atoms with E-state index in [4.69, 9.17) is 9.84 Å². The Labute approximate surface area is 173 Å². The van der Waals surface area contributed by atoms with Crippen LogP contribution in [0, 0.1) is 0 Å². The molecule has 0 radical (unpaired) electrons. The summed E-state index contributed by atoms with van der Waals surface area (Å²) in [5.41, 5.74) is 2.69. The summed E-state index contributed by atoms with van der Waals surface area (Å²) in [5.74, 6) is -1.24. The molecule has 1 heterocycles. The maximum atomic E-state index is 12.7. The molecule has 0 saturated heterocycles. The van der Waals surface area contributed by atoms with Gasteiger partial charge in [-0.2, -0.15) is 0 Å². The molecule has 0 spiro atoms. The standard InChI is InChI=1S/C22H23N3O5/c1-2-18(30-13-15(27)12-26)21(28)25-20-22(29)23-17-11-7-6-10-16(17)19(24-20)14-8-4-3-5-9-14/h2-11,15,20,26-27H,12-13H2,1H3,(H,23,29)(H,25,28)/b18-2-. The predicted molar refractivity (Wildman–Crippen MR) is 112 cm³/mol. The van der Waals surface area contributed by atoms with Crippen LogP contribution in [0.2, 0.25) is 0 Å². The largest absolute Gasteiger partial charge is 0.485 e. The van der Waals surface area contributed by atoms with Crippen LogP contribution in [-0.2, 0) is 14.3 Å². The van der Waals surface area contributed by atoms with E-state index in [2.05, 4.69) is 15.6 Å². The number of benzene rings is 2. The molecular weight excluding hydrogens is 386 g/mol. The van der Waals surface area contributed by atoms with Gasteiger partial charge in [-0.05, 0) is 19.1 Å². The summed E-state index contributed by atoms with van der Waals surface area (Å²) in [6, 6.07) is 16.6. The first-order valence-corrected chi connectivity index (χ1v) is 9.46. The lowest BCUT2D eigenvalue weighted by molar-refractivity contribution is -0.126. The van der Waals surface area contributed by atoms with Crippen LogP contribution in [0.3, 0.4) is 0 Å². The molecule has 0 saturated carbocycles. The van der Waals surface area contributed by atoms with Crippen LogP contribution in [0.25, 0.3) is 0 Å². The van der Waals surface area contributed by atoms with E-state index < -0.39 is 30.7 Å². The highest BCUT2D eigenvalue weighted by Gasteiger charge is 2.28. The minimum Gasteiger partial charge on any atom is -0.485 e. The lowest BCUT2D eigenvalue weighted by Gasteiger charge is -2.16. The maximum absolute atomic E-state index is 12.7. The van der Waals surface area contributed by atoms with Gasteiger partial charge in [-0.1, -0.05) is 48.5 Å². The fraction of sp³-hybridized carbons (Fsp3) is 0.227. The fourth-order valence-corrected chi connectivity index (χ4v) is 2.89. The van der Waals surface area contributed by atoms with Gasteiger partial charge >= 0.3 is 0 Å². The van der Waals surface area contributed by atoms with Crippen molar-refractivity contribution in [1.82, 2.24) is 5.32 Å². The normalized spacial score (nSPS) is 17.2. The quantitative estimate of drug-likeness (QED) is 0.404. The van der Waals surface area contributed by atoms with E-state index in [9.17, 15) is 14.7 Å². The summed E-state index contributed by atoms with van der Waals surface area (Å²) in [6.45, 7) is 0.832. The van der Waals surface area contributed by atoms with E-state index in [1.807, 2.05) is 42.5 Å². The maximum Gasteiger partial charge on any atom is 0.288 e. The molecule has 1 aliphatic heterocycles. The Morgan fingerprint density at radius 3 is 2.63 bits per heavy atom. The molecule has 4 N–H and O–H groups in total. The number of amides is 2. The number of carbonyl (C=O) groups excluding carboxylic acids is 2. The molecule has 0 aliphatic carbocycles. The summed E-state index contributed by atoms with van der Waals surface area (Å²) in [7, 11) is 0. The number of fused-ring (bicyclic) bond motifs is 1. The first-order chi connectivity index (χ1) is 14.5. The predicted octanol–water partition coefficient (Wildman–Crippen LogP) is 1.19. The van der Waals surface area contributed by atoms with Crippen molar-refractivity contribution in [2.45, 2.75) is 19.2 Å². The first-order valence-electron chi connectivity index (χ1n) is 9.46. The van der Waals surface area contributed by atoms with Gasteiger partial charge in [0.2, 0.25) is 6.17 Å². The Bertz CT molecular complexity index is 972. The minimum absolute atomic E-state index is 0.0893. The average Bonchev–Trinajstić information content (AvgIpc) is 2.91. The average molecular weight is 409 g/mol. The van der Waals surface area contributed by atoms with Crippen LogP contribution >= 0.6 is 0 Å².